The summed E-state index contributed by atoms with van der Waals surface area (Å²) in [7, 11) is 0. The van der Waals surface area contributed by atoms with Crippen molar-refractivity contribution in [2.45, 2.75) is 56.7 Å². The number of hydrogen-bond donors (Lipinski definition) is 0. The maximum atomic E-state index is 12.8. The standard InChI is InChI=1S/C20H22N4O/c21-13-16-3-1-15(2-4-16)5-8-20(25)24-17-6-7-18(24)12-19(11-17)23-10-9-22-14-23/h1-4,9-10,14,17-19H,5-8,11-12H2. The van der Waals surface area contributed by atoms with E-state index in [2.05, 4.69) is 20.5 Å². The number of nitriles is 1. The Morgan fingerprint density at radius 1 is 1.16 bits per heavy atom. The van der Waals surface area contributed by atoms with Gasteiger partial charge in [-0.25, -0.2) is 4.98 Å². The first-order valence-electron chi connectivity index (χ1n) is 9.02. The lowest BCUT2D eigenvalue weighted by atomic mass is 9.96. The first-order chi connectivity index (χ1) is 12.2. The van der Waals surface area contributed by atoms with Gasteiger partial charge in [0.1, 0.15) is 0 Å². The molecule has 3 heterocycles. The molecule has 25 heavy (non-hydrogen) atoms. The van der Waals surface area contributed by atoms with E-state index in [-0.39, 0.29) is 5.91 Å². The third kappa shape index (κ3) is 3.17. The van der Waals surface area contributed by atoms with E-state index in [0.29, 0.717) is 30.1 Å². The predicted octanol–water partition coefficient (Wildman–Crippen LogP) is 3.08. The van der Waals surface area contributed by atoms with E-state index < -0.39 is 0 Å². The second-order valence-corrected chi connectivity index (χ2v) is 7.13. The van der Waals surface area contributed by atoms with Crippen molar-refractivity contribution in [3.63, 3.8) is 0 Å². The molecule has 0 saturated carbocycles. The highest BCUT2D eigenvalue weighted by atomic mass is 16.2. The van der Waals surface area contributed by atoms with Crippen LogP contribution in [0.3, 0.4) is 0 Å². The number of aryl methyl sites for hydroxylation is 1. The van der Waals surface area contributed by atoms with Gasteiger partial charge in [-0.15, -0.1) is 0 Å². The number of hydrogen-bond acceptors (Lipinski definition) is 3. The fourth-order valence-corrected chi connectivity index (χ4v) is 4.41. The average Bonchev–Trinajstić information content (AvgIpc) is 3.27. The smallest absolute Gasteiger partial charge is 0.223 e. The maximum absolute atomic E-state index is 12.8. The lowest BCUT2D eigenvalue weighted by Gasteiger charge is -2.39. The number of imidazole rings is 1. The van der Waals surface area contributed by atoms with Crippen LogP contribution in [0.4, 0.5) is 0 Å². The summed E-state index contributed by atoms with van der Waals surface area (Å²) in [5, 5.41) is 8.86. The number of rotatable bonds is 4. The van der Waals surface area contributed by atoms with Crippen molar-refractivity contribution in [3.05, 3.63) is 54.1 Å². The molecule has 0 spiro atoms. The van der Waals surface area contributed by atoms with E-state index in [1.54, 1.807) is 0 Å². The Kier molecular flexibility index (Phi) is 4.27. The fourth-order valence-electron chi connectivity index (χ4n) is 4.41. The van der Waals surface area contributed by atoms with Gasteiger partial charge in [0.05, 0.1) is 18.0 Å². The minimum absolute atomic E-state index is 0.279. The van der Waals surface area contributed by atoms with Crippen molar-refractivity contribution in [2.75, 3.05) is 0 Å². The summed E-state index contributed by atoms with van der Waals surface area (Å²) in [6.45, 7) is 0. The summed E-state index contributed by atoms with van der Waals surface area (Å²) < 4.78 is 2.20. The molecule has 2 bridgehead atoms. The number of aromatic nitrogens is 2. The number of nitrogens with zero attached hydrogens (tertiary/aromatic N) is 4. The quantitative estimate of drug-likeness (QED) is 0.863. The minimum Gasteiger partial charge on any atom is -0.337 e. The molecule has 2 aliphatic rings. The molecule has 5 heteroatoms. The molecule has 2 aliphatic heterocycles. The van der Waals surface area contributed by atoms with E-state index >= 15 is 0 Å². The monoisotopic (exact) mass is 334 g/mol. The lowest BCUT2D eigenvalue weighted by Crippen LogP contribution is -2.46. The Morgan fingerprint density at radius 2 is 1.88 bits per heavy atom. The fraction of sp³-hybridized carbons (Fsp3) is 0.450. The van der Waals surface area contributed by atoms with E-state index in [1.807, 2.05) is 43.0 Å². The van der Waals surface area contributed by atoms with E-state index in [9.17, 15) is 4.79 Å². The van der Waals surface area contributed by atoms with Crippen LogP contribution in [0.2, 0.25) is 0 Å². The highest BCUT2D eigenvalue weighted by Crippen LogP contribution is 2.41. The molecule has 2 atom stereocenters. The van der Waals surface area contributed by atoms with Crippen LogP contribution < -0.4 is 0 Å². The highest BCUT2D eigenvalue weighted by molar-refractivity contribution is 5.77. The van der Waals surface area contributed by atoms with Crippen LogP contribution in [0.15, 0.2) is 43.0 Å². The van der Waals surface area contributed by atoms with Crippen LogP contribution in [0.1, 0.15) is 49.3 Å². The summed E-state index contributed by atoms with van der Waals surface area (Å²) in [4.78, 5) is 19.1. The number of benzene rings is 1. The maximum Gasteiger partial charge on any atom is 0.223 e. The van der Waals surface area contributed by atoms with Crippen molar-refractivity contribution in [1.82, 2.24) is 14.5 Å². The van der Waals surface area contributed by atoms with Crippen LogP contribution in [-0.4, -0.2) is 32.4 Å². The van der Waals surface area contributed by atoms with Crippen LogP contribution >= 0.6 is 0 Å². The normalized spacial score (nSPS) is 24.9. The summed E-state index contributed by atoms with van der Waals surface area (Å²) in [6, 6.07) is 10.9. The van der Waals surface area contributed by atoms with Crippen LogP contribution in [-0.2, 0) is 11.2 Å². The average molecular weight is 334 g/mol. The van der Waals surface area contributed by atoms with Crippen molar-refractivity contribution in [1.29, 1.82) is 5.26 Å². The van der Waals surface area contributed by atoms with Crippen molar-refractivity contribution < 1.29 is 4.79 Å². The van der Waals surface area contributed by atoms with Gasteiger partial charge in [-0.2, -0.15) is 5.26 Å². The van der Waals surface area contributed by atoms with Crippen molar-refractivity contribution >= 4 is 5.91 Å². The molecule has 4 rings (SSSR count). The minimum atomic E-state index is 0.279. The van der Waals surface area contributed by atoms with Gasteiger partial charge in [0.2, 0.25) is 5.91 Å². The molecule has 2 saturated heterocycles. The molecule has 5 nitrogen and oxygen atoms in total. The summed E-state index contributed by atoms with van der Waals surface area (Å²) >= 11 is 0. The van der Waals surface area contributed by atoms with Gasteiger partial charge in [0, 0.05) is 36.9 Å². The molecule has 1 aromatic carbocycles. The first kappa shape index (κ1) is 15.9. The topological polar surface area (TPSA) is 61.9 Å². The number of amides is 1. The Morgan fingerprint density at radius 3 is 2.48 bits per heavy atom. The molecule has 2 fully saturated rings. The van der Waals surface area contributed by atoms with Gasteiger partial charge in [0.15, 0.2) is 0 Å². The third-order valence-corrected chi connectivity index (χ3v) is 5.65. The SMILES string of the molecule is N#Cc1ccc(CCC(=O)N2C3CCC2CC(n2ccnc2)C3)cc1. The molecule has 128 valence electrons. The van der Waals surface area contributed by atoms with E-state index in [4.69, 9.17) is 5.26 Å². The number of piperidine rings is 1. The Labute approximate surface area is 147 Å². The van der Waals surface area contributed by atoms with Gasteiger partial charge < -0.3 is 9.47 Å². The third-order valence-electron chi connectivity index (χ3n) is 5.65. The molecule has 1 amide bonds. The van der Waals surface area contributed by atoms with Crippen LogP contribution in [0, 0.1) is 11.3 Å². The summed E-state index contributed by atoms with van der Waals surface area (Å²) in [5.41, 5.74) is 1.78. The molecule has 0 aliphatic carbocycles. The number of carbonyl (C=O) groups excluding carboxylic acids is 1. The molecule has 2 aromatic rings. The molecule has 0 N–H and O–H groups in total. The van der Waals surface area contributed by atoms with Crippen LogP contribution in [0.5, 0.6) is 0 Å². The van der Waals surface area contributed by atoms with E-state index in [1.165, 1.54) is 0 Å². The van der Waals surface area contributed by atoms with Gasteiger partial charge in [-0.05, 0) is 49.8 Å². The summed E-state index contributed by atoms with van der Waals surface area (Å²) in [6.07, 6.45) is 11.4. The van der Waals surface area contributed by atoms with Crippen molar-refractivity contribution in [2.24, 2.45) is 0 Å². The van der Waals surface area contributed by atoms with Crippen molar-refractivity contribution in [3.8, 4) is 6.07 Å². The lowest BCUT2D eigenvalue weighted by molar-refractivity contribution is -0.136. The zero-order valence-corrected chi connectivity index (χ0v) is 14.2. The Bertz CT molecular complexity index is 761. The molecule has 1 aromatic heterocycles. The van der Waals surface area contributed by atoms with Gasteiger partial charge in [0.25, 0.3) is 0 Å². The number of fused-ring (bicyclic) bond motifs is 2. The van der Waals surface area contributed by atoms with Crippen LogP contribution in [0.25, 0.3) is 0 Å². The summed E-state index contributed by atoms with van der Waals surface area (Å²) in [5.74, 6) is 0.279. The first-order valence-corrected chi connectivity index (χ1v) is 9.02. The Balaban J connectivity index is 1.37. The molecule has 0 radical (unpaired) electrons. The van der Waals surface area contributed by atoms with E-state index in [0.717, 1.165) is 37.7 Å². The molecular formula is C20H22N4O. The second kappa shape index (κ2) is 6.72. The highest BCUT2D eigenvalue weighted by Gasteiger charge is 2.43. The second-order valence-electron chi connectivity index (χ2n) is 7.13. The largest absolute Gasteiger partial charge is 0.337 e. The van der Waals surface area contributed by atoms with Gasteiger partial charge in [-0.3, -0.25) is 4.79 Å². The van der Waals surface area contributed by atoms with Gasteiger partial charge >= 0.3 is 0 Å². The number of carbonyl (C=O) groups is 1. The molecular weight excluding hydrogens is 312 g/mol. The zero-order chi connectivity index (χ0) is 17.2. The predicted molar refractivity (Wildman–Crippen MR) is 93.6 cm³/mol. The zero-order valence-electron chi connectivity index (χ0n) is 14.2. The van der Waals surface area contributed by atoms with Gasteiger partial charge in [-0.1, -0.05) is 12.1 Å². The molecule has 2 unspecified atom stereocenters. The Hall–Kier alpha value is -2.61.